The molecule has 0 aliphatic carbocycles. The summed E-state index contributed by atoms with van der Waals surface area (Å²) < 4.78 is 23.8. The third-order valence-electron chi connectivity index (χ3n) is 5.13. The minimum absolute atomic E-state index is 0.259. The van der Waals surface area contributed by atoms with Gasteiger partial charge in [-0.1, -0.05) is 12.1 Å². The first-order valence-electron chi connectivity index (χ1n) is 8.90. The average Bonchev–Trinajstić information content (AvgIpc) is 2.84. The summed E-state index contributed by atoms with van der Waals surface area (Å²) in [6, 6.07) is 12.4. The molecule has 0 spiro atoms. The van der Waals surface area contributed by atoms with Gasteiger partial charge in [-0.3, -0.25) is 10.5 Å². The van der Waals surface area contributed by atoms with Gasteiger partial charge in [0, 0.05) is 6.54 Å². The maximum atomic E-state index is 13.0. The van der Waals surface area contributed by atoms with Crippen LogP contribution >= 0.6 is 0 Å². The van der Waals surface area contributed by atoms with E-state index in [4.69, 9.17) is 14.7 Å². The summed E-state index contributed by atoms with van der Waals surface area (Å²) in [5.41, 5.74) is -0.0207. The lowest BCUT2D eigenvalue weighted by Crippen LogP contribution is -2.58. The molecule has 0 saturated carbocycles. The van der Waals surface area contributed by atoms with Crippen LogP contribution in [0.15, 0.2) is 48.5 Å². The molecular weight excluding hydrogens is 381 g/mol. The van der Waals surface area contributed by atoms with Gasteiger partial charge in [0.05, 0.1) is 5.54 Å². The van der Waals surface area contributed by atoms with E-state index in [1.54, 1.807) is 45.0 Å². The zero-order valence-corrected chi connectivity index (χ0v) is 16.2. The van der Waals surface area contributed by atoms with Crippen LogP contribution in [0, 0.1) is 5.82 Å². The highest BCUT2D eigenvalue weighted by Gasteiger charge is 2.57. The highest BCUT2D eigenvalue weighted by molar-refractivity contribution is 5.80. The summed E-state index contributed by atoms with van der Waals surface area (Å²) >= 11 is 0. The van der Waals surface area contributed by atoms with Crippen LogP contribution in [-0.4, -0.2) is 33.5 Å². The van der Waals surface area contributed by atoms with Crippen LogP contribution in [0.1, 0.15) is 26.3 Å². The number of nitrogens with zero attached hydrogens (tertiary/aromatic N) is 1. The van der Waals surface area contributed by atoms with E-state index in [-0.39, 0.29) is 12.4 Å². The number of rotatable bonds is 5. The Bertz CT molecular complexity index is 901. The highest BCUT2D eigenvalue weighted by atomic mass is 19.1. The number of hydrogen-bond donors (Lipinski definition) is 3. The Morgan fingerprint density at radius 3 is 2.21 bits per heavy atom. The number of nitrogens with one attached hydrogen (secondary N) is 2. The number of halogens is 1. The molecule has 1 aliphatic rings. The zero-order chi connectivity index (χ0) is 21.2. The van der Waals surface area contributed by atoms with Crippen LogP contribution in [0.4, 0.5) is 14.0 Å². The fourth-order valence-electron chi connectivity index (χ4n) is 3.05. The Balaban J connectivity index is 1.71. The van der Waals surface area contributed by atoms with E-state index < -0.39 is 23.4 Å². The Morgan fingerprint density at radius 1 is 1.10 bits per heavy atom. The topological polar surface area (TPSA) is 100 Å². The molecule has 3 amide bonds. The monoisotopic (exact) mass is 403 g/mol. The molecule has 1 aliphatic heterocycles. The Kier molecular flexibility index (Phi) is 5.34. The van der Waals surface area contributed by atoms with Crippen LogP contribution in [0.25, 0.3) is 0 Å². The summed E-state index contributed by atoms with van der Waals surface area (Å²) in [4.78, 5) is 25.5. The van der Waals surface area contributed by atoms with Crippen LogP contribution in [0.2, 0.25) is 0 Å². The predicted molar refractivity (Wildman–Crippen MR) is 101 cm³/mol. The second-order valence-electron chi connectivity index (χ2n) is 7.31. The first-order chi connectivity index (χ1) is 13.6. The van der Waals surface area contributed by atoms with Gasteiger partial charge in [-0.2, -0.15) is 0 Å². The average molecular weight is 403 g/mol. The molecule has 29 heavy (non-hydrogen) atoms. The molecule has 9 heteroatoms. The normalized spacial score (nSPS) is 20.2. The van der Waals surface area contributed by atoms with Crippen molar-refractivity contribution in [1.29, 1.82) is 0 Å². The zero-order valence-electron chi connectivity index (χ0n) is 16.2. The van der Waals surface area contributed by atoms with Crippen molar-refractivity contribution >= 4 is 12.1 Å². The first kappa shape index (κ1) is 20.4. The minimum atomic E-state index is -1.34. The molecule has 3 N–H and O–H groups in total. The molecule has 1 saturated heterocycles. The standard InChI is InChI=1S/C20H22FN3O5/c1-19(2)20(3,29-18(26)23-27)22-17(25)24(19)12-13-4-8-15(9-5-13)28-16-10-6-14(21)7-11-16/h4-11,27H,12H2,1-3H3,(H,22,25)(H,23,26)/t20-/m1/s1. The summed E-state index contributed by atoms with van der Waals surface area (Å²) in [7, 11) is 0. The number of ether oxygens (including phenoxy) is 2. The van der Waals surface area contributed by atoms with Gasteiger partial charge in [0.25, 0.3) is 0 Å². The van der Waals surface area contributed by atoms with Crippen molar-refractivity contribution in [1.82, 2.24) is 15.7 Å². The van der Waals surface area contributed by atoms with Crippen molar-refractivity contribution in [3.05, 3.63) is 59.9 Å². The molecule has 2 aromatic carbocycles. The van der Waals surface area contributed by atoms with Crippen LogP contribution < -0.4 is 15.5 Å². The van der Waals surface area contributed by atoms with Gasteiger partial charge in [0.1, 0.15) is 17.3 Å². The molecule has 0 radical (unpaired) electrons. The van der Waals surface area contributed by atoms with E-state index in [0.717, 1.165) is 5.56 Å². The van der Waals surface area contributed by atoms with Crippen LogP contribution in [0.3, 0.4) is 0 Å². The van der Waals surface area contributed by atoms with Crippen molar-refractivity contribution in [2.75, 3.05) is 0 Å². The maximum absolute atomic E-state index is 13.0. The second-order valence-corrected chi connectivity index (χ2v) is 7.31. The van der Waals surface area contributed by atoms with Crippen molar-refractivity contribution in [2.24, 2.45) is 0 Å². The summed E-state index contributed by atoms with van der Waals surface area (Å²) in [5.74, 6) is 0.735. The summed E-state index contributed by atoms with van der Waals surface area (Å²) in [6.45, 7) is 5.32. The fraction of sp³-hybridized carbons (Fsp3) is 0.300. The SMILES string of the molecule is CC1(C)N(Cc2ccc(Oc3ccc(F)cc3)cc2)C(=O)N[C@]1(C)OC(=O)NO. The first-order valence-corrected chi connectivity index (χ1v) is 8.90. The molecule has 154 valence electrons. The molecule has 1 heterocycles. The van der Waals surface area contributed by atoms with E-state index in [1.807, 2.05) is 0 Å². The molecule has 0 unspecified atom stereocenters. The lowest BCUT2D eigenvalue weighted by Gasteiger charge is -2.39. The molecule has 1 atom stereocenters. The van der Waals surface area contributed by atoms with Gasteiger partial charge in [0.2, 0.25) is 5.72 Å². The van der Waals surface area contributed by atoms with Gasteiger partial charge >= 0.3 is 12.1 Å². The Morgan fingerprint density at radius 2 is 1.66 bits per heavy atom. The number of urea groups is 1. The van der Waals surface area contributed by atoms with E-state index in [1.165, 1.54) is 34.6 Å². The van der Waals surface area contributed by atoms with Crippen molar-refractivity contribution in [3.8, 4) is 11.5 Å². The summed E-state index contributed by atoms with van der Waals surface area (Å²) in [5, 5.41) is 11.4. The van der Waals surface area contributed by atoms with Crippen molar-refractivity contribution in [2.45, 2.75) is 38.6 Å². The second kappa shape index (κ2) is 7.59. The minimum Gasteiger partial charge on any atom is -0.457 e. The molecule has 8 nitrogen and oxygen atoms in total. The molecule has 1 fully saturated rings. The lowest BCUT2D eigenvalue weighted by atomic mass is 9.92. The molecule has 0 aromatic heterocycles. The van der Waals surface area contributed by atoms with Gasteiger partial charge < -0.3 is 14.4 Å². The largest absolute Gasteiger partial charge is 0.457 e. The van der Waals surface area contributed by atoms with Crippen molar-refractivity contribution < 1.29 is 28.7 Å². The number of carbonyl (C=O) groups is 2. The number of amides is 3. The third kappa shape index (κ3) is 4.09. The van der Waals surface area contributed by atoms with E-state index in [2.05, 4.69) is 5.32 Å². The smallest absolute Gasteiger partial charge is 0.433 e. The van der Waals surface area contributed by atoms with Gasteiger partial charge in [-0.25, -0.2) is 19.5 Å². The highest BCUT2D eigenvalue weighted by Crippen LogP contribution is 2.36. The van der Waals surface area contributed by atoms with E-state index in [0.29, 0.717) is 11.5 Å². The van der Waals surface area contributed by atoms with E-state index >= 15 is 0 Å². The lowest BCUT2D eigenvalue weighted by molar-refractivity contribution is -0.0651. The van der Waals surface area contributed by atoms with Crippen LogP contribution in [-0.2, 0) is 11.3 Å². The van der Waals surface area contributed by atoms with Crippen molar-refractivity contribution in [3.63, 3.8) is 0 Å². The molecule has 3 rings (SSSR count). The quantitative estimate of drug-likeness (QED) is 0.521. The van der Waals surface area contributed by atoms with Crippen LogP contribution in [0.5, 0.6) is 11.5 Å². The summed E-state index contributed by atoms with van der Waals surface area (Å²) in [6.07, 6.45) is -1.06. The Hall–Kier alpha value is -3.33. The number of hydroxylamine groups is 1. The molecule has 2 aromatic rings. The number of carbonyl (C=O) groups excluding carboxylic acids is 2. The number of benzene rings is 2. The van der Waals surface area contributed by atoms with Gasteiger partial charge in [0.15, 0.2) is 0 Å². The molecular formula is C20H22FN3O5. The van der Waals surface area contributed by atoms with Gasteiger partial charge in [-0.15, -0.1) is 0 Å². The maximum Gasteiger partial charge on any atom is 0.433 e. The predicted octanol–water partition coefficient (Wildman–Crippen LogP) is 3.75. The fourth-order valence-corrected chi connectivity index (χ4v) is 3.05. The van der Waals surface area contributed by atoms with Gasteiger partial charge in [-0.05, 0) is 62.7 Å². The molecule has 0 bridgehead atoms. The third-order valence-corrected chi connectivity index (χ3v) is 5.13. The Labute approximate surface area is 167 Å². The van der Waals surface area contributed by atoms with E-state index in [9.17, 15) is 14.0 Å². The number of hydrogen-bond acceptors (Lipinski definition) is 5.